The van der Waals surface area contributed by atoms with Crippen LogP contribution in [0.3, 0.4) is 0 Å². The molecule has 0 saturated carbocycles. The van der Waals surface area contributed by atoms with E-state index in [9.17, 15) is 4.79 Å². The number of hydrogen-bond acceptors (Lipinski definition) is 4. The van der Waals surface area contributed by atoms with E-state index in [4.69, 9.17) is 5.21 Å². The van der Waals surface area contributed by atoms with Gasteiger partial charge in [0.15, 0.2) is 0 Å². The second kappa shape index (κ2) is 6.12. The standard InChI is InChI=1S/C7H15NO3/c1-3-5-8(10)6-4-7(9)11-2/h10H,3-6H2,1-2H3. The van der Waals surface area contributed by atoms with Crippen LogP contribution >= 0.6 is 0 Å². The number of esters is 1. The minimum atomic E-state index is -0.292. The lowest BCUT2D eigenvalue weighted by atomic mass is 10.4. The first-order valence-corrected chi connectivity index (χ1v) is 3.71. The lowest BCUT2D eigenvalue weighted by molar-refractivity contribution is -0.145. The van der Waals surface area contributed by atoms with Crippen molar-refractivity contribution < 1.29 is 14.7 Å². The summed E-state index contributed by atoms with van der Waals surface area (Å²) < 4.78 is 4.40. The van der Waals surface area contributed by atoms with Crippen LogP contribution < -0.4 is 0 Å². The number of hydroxylamine groups is 2. The highest BCUT2D eigenvalue weighted by Crippen LogP contribution is 1.90. The third kappa shape index (κ3) is 5.82. The predicted octanol–water partition coefficient (Wildman–Crippen LogP) is 0.651. The average Bonchev–Trinajstić information content (AvgIpc) is 2.01. The number of carbonyl (C=O) groups excluding carboxylic acids is 1. The van der Waals surface area contributed by atoms with Crippen molar-refractivity contribution in [3.63, 3.8) is 0 Å². The molecule has 0 atom stereocenters. The average molecular weight is 161 g/mol. The second-order valence-corrected chi connectivity index (χ2v) is 2.28. The molecule has 4 heteroatoms. The molecule has 0 amide bonds. The van der Waals surface area contributed by atoms with Crippen LogP contribution in [0, 0.1) is 0 Å². The maximum Gasteiger partial charge on any atom is 0.306 e. The molecule has 1 N–H and O–H groups in total. The topological polar surface area (TPSA) is 49.8 Å². The van der Waals surface area contributed by atoms with Gasteiger partial charge in [-0.05, 0) is 6.42 Å². The van der Waals surface area contributed by atoms with Crippen molar-refractivity contribution in [3.8, 4) is 0 Å². The Morgan fingerprint density at radius 3 is 2.64 bits per heavy atom. The van der Waals surface area contributed by atoms with Gasteiger partial charge in [0, 0.05) is 13.1 Å². The Bertz CT molecular complexity index is 116. The van der Waals surface area contributed by atoms with Crippen molar-refractivity contribution >= 4 is 5.97 Å². The molecular formula is C7H15NO3. The largest absolute Gasteiger partial charge is 0.469 e. The molecule has 0 bridgehead atoms. The molecule has 0 saturated heterocycles. The van der Waals surface area contributed by atoms with Crippen molar-refractivity contribution in [1.29, 1.82) is 0 Å². The number of ether oxygens (including phenoxy) is 1. The van der Waals surface area contributed by atoms with Gasteiger partial charge in [-0.25, -0.2) is 0 Å². The van der Waals surface area contributed by atoms with Crippen molar-refractivity contribution in [2.45, 2.75) is 19.8 Å². The Morgan fingerprint density at radius 2 is 2.18 bits per heavy atom. The number of nitrogens with zero attached hydrogens (tertiary/aromatic N) is 1. The summed E-state index contributed by atoms with van der Waals surface area (Å²) in [5.74, 6) is -0.292. The van der Waals surface area contributed by atoms with E-state index in [1.54, 1.807) is 0 Å². The third-order valence-electron chi connectivity index (χ3n) is 1.28. The van der Waals surface area contributed by atoms with E-state index in [1.807, 2.05) is 6.92 Å². The van der Waals surface area contributed by atoms with Gasteiger partial charge >= 0.3 is 5.97 Å². The summed E-state index contributed by atoms with van der Waals surface area (Å²) in [7, 11) is 1.34. The van der Waals surface area contributed by atoms with Gasteiger partial charge in [0.2, 0.25) is 0 Å². The number of carbonyl (C=O) groups is 1. The molecule has 0 aliphatic heterocycles. The van der Waals surface area contributed by atoms with Gasteiger partial charge in [-0.1, -0.05) is 6.92 Å². The SMILES string of the molecule is CCCN(O)CCC(=O)OC. The minimum absolute atomic E-state index is 0.243. The van der Waals surface area contributed by atoms with Crippen LogP contribution in [0.2, 0.25) is 0 Å². The molecule has 0 aliphatic rings. The minimum Gasteiger partial charge on any atom is -0.469 e. The van der Waals surface area contributed by atoms with E-state index in [-0.39, 0.29) is 12.4 Å². The zero-order chi connectivity index (χ0) is 8.69. The van der Waals surface area contributed by atoms with Gasteiger partial charge in [-0.3, -0.25) is 4.79 Å². The molecule has 0 spiro atoms. The molecule has 0 fully saturated rings. The Labute approximate surface area is 66.7 Å². The normalized spacial score (nSPS) is 10.2. The molecule has 11 heavy (non-hydrogen) atoms. The summed E-state index contributed by atoms with van der Waals surface area (Å²) in [4.78, 5) is 10.6. The Hall–Kier alpha value is -0.610. The summed E-state index contributed by atoms with van der Waals surface area (Å²) in [6.45, 7) is 2.90. The first-order valence-electron chi connectivity index (χ1n) is 3.71. The molecule has 0 unspecified atom stereocenters. The van der Waals surface area contributed by atoms with Gasteiger partial charge in [0.05, 0.1) is 13.5 Å². The summed E-state index contributed by atoms with van der Waals surface area (Å²) in [5.41, 5.74) is 0. The van der Waals surface area contributed by atoms with Crippen LogP contribution in [0.15, 0.2) is 0 Å². The first kappa shape index (κ1) is 10.4. The molecule has 0 heterocycles. The monoisotopic (exact) mass is 161 g/mol. The summed E-state index contributed by atoms with van der Waals surface area (Å²) >= 11 is 0. The number of methoxy groups -OCH3 is 1. The Morgan fingerprint density at radius 1 is 1.55 bits per heavy atom. The lowest BCUT2D eigenvalue weighted by Gasteiger charge is -2.11. The highest BCUT2D eigenvalue weighted by atomic mass is 16.5. The van der Waals surface area contributed by atoms with Gasteiger partial charge in [0.1, 0.15) is 0 Å². The summed E-state index contributed by atoms with van der Waals surface area (Å²) in [6.07, 6.45) is 1.12. The molecule has 4 nitrogen and oxygen atoms in total. The predicted molar refractivity (Wildman–Crippen MR) is 40.3 cm³/mol. The quantitative estimate of drug-likeness (QED) is 0.475. The van der Waals surface area contributed by atoms with Crippen molar-refractivity contribution in [2.24, 2.45) is 0 Å². The summed E-state index contributed by atoms with van der Waals surface area (Å²) in [6, 6.07) is 0. The van der Waals surface area contributed by atoms with Gasteiger partial charge in [0.25, 0.3) is 0 Å². The Balaban J connectivity index is 3.29. The zero-order valence-corrected chi connectivity index (χ0v) is 7.04. The van der Waals surface area contributed by atoms with Crippen molar-refractivity contribution in [2.75, 3.05) is 20.2 Å². The van der Waals surface area contributed by atoms with E-state index in [0.717, 1.165) is 11.5 Å². The van der Waals surface area contributed by atoms with E-state index in [0.29, 0.717) is 13.1 Å². The van der Waals surface area contributed by atoms with Gasteiger partial charge in [-0.15, -0.1) is 0 Å². The molecule has 0 rings (SSSR count). The molecular weight excluding hydrogens is 146 g/mol. The first-order chi connectivity index (χ1) is 5.20. The van der Waals surface area contributed by atoms with Gasteiger partial charge < -0.3 is 9.94 Å². The van der Waals surface area contributed by atoms with Crippen LogP contribution in [-0.2, 0) is 9.53 Å². The maximum absolute atomic E-state index is 10.6. The smallest absolute Gasteiger partial charge is 0.306 e. The van der Waals surface area contributed by atoms with Crippen LogP contribution in [0.5, 0.6) is 0 Å². The molecule has 0 aliphatic carbocycles. The molecule has 0 radical (unpaired) electrons. The van der Waals surface area contributed by atoms with Crippen molar-refractivity contribution in [3.05, 3.63) is 0 Å². The molecule has 0 aromatic carbocycles. The fourth-order valence-corrected chi connectivity index (χ4v) is 0.692. The lowest BCUT2D eigenvalue weighted by Crippen LogP contribution is -2.23. The maximum atomic E-state index is 10.6. The van der Waals surface area contributed by atoms with Crippen LogP contribution in [-0.4, -0.2) is 36.4 Å². The fourth-order valence-electron chi connectivity index (χ4n) is 0.692. The van der Waals surface area contributed by atoms with Crippen LogP contribution in [0.25, 0.3) is 0 Å². The number of hydrogen-bond donors (Lipinski definition) is 1. The van der Waals surface area contributed by atoms with Crippen LogP contribution in [0.4, 0.5) is 0 Å². The van der Waals surface area contributed by atoms with E-state index >= 15 is 0 Å². The van der Waals surface area contributed by atoms with Crippen LogP contribution in [0.1, 0.15) is 19.8 Å². The zero-order valence-electron chi connectivity index (χ0n) is 7.04. The molecule has 0 aromatic heterocycles. The highest BCUT2D eigenvalue weighted by molar-refractivity contribution is 5.69. The molecule has 0 aromatic rings. The van der Waals surface area contributed by atoms with E-state index in [1.165, 1.54) is 7.11 Å². The third-order valence-corrected chi connectivity index (χ3v) is 1.28. The number of rotatable bonds is 5. The van der Waals surface area contributed by atoms with E-state index in [2.05, 4.69) is 4.74 Å². The Kier molecular flexibility index (Phi) is 5.78. The second-order valence-electron chi connectivity index (χ2n) is 2.28. The highest BCUT2D eigenvalue weighted by Gasteiger charge is 2.03. The van der Waals surface area contributed by atoms with Gasteiger partial charge in [-0.2, -0.15) is 5.06 Å². The fraction of sp³-hybridized carbons (Fsp3) is 0.857. The summed E-state index contributed by atoms with van der Waals surface area (Å²) in [5, 5.41) is 10.1. The molecule has 66 valence electrons. The van der Waals surface area contributed by atoms with E-state index < -0.39 is 0 Å². The van der Waals surface area contributed by atoms with Crippen molar-refractivity contribution in [1.82, 2.24) is 5.06 Å².